The van der Waals surface area contributed by atoms with E-state index < -0.39 is 5.91 Å². The second-order valence-electron chi connectivity index (χ2n) is 12.4. The van der Waals surface area contributed by atoms with E-state index in [1.54, 1.807) is 6.07 Å². The van der Waals surface area contributed by atoms with E-state index in [-0.39, 0.29) is 18.1 Å². The average Bonchev–Trinajstić information content (AvgIpc) is 3.42. The lowest BCUT2D eigenvalue weighted by molar-refractivity contribution is -0.102. The molecule has 3 aliphatic rings. The molecular weight excluding hydrogens is 548 g/mol. The molecule has 4 heterocycles. The molecule has 0 saturated carbocycles. The number of amides is 1. The monoisotopic (exact) mass is 584 g/mol. The number of halogens is 1. The Labute approximate surface area is 251 Å². The predicted octanol–water partition coefficient (Wildman–Crippen LogP) is 6.47. The number of rotatable bonds is 8. The summed E-state index contributed by atoms with van der Waals surface area (Å²) in [5.74, 6) is 0.628. The van der Waals surface area contributed by atoms with Crippen LogP contribution in [-0.4, -0.2) is 58.0 Å². The fourth-order valence-corrected chi connectivity index (χ4v) is 7.59. The van der Waals surface area contributed by atoms with Crippen LogP contribution in [0.4, 0.5) is 0 Å². The standard InChI is InChI=1S/C34H37ClN4O3/c1-20(2)33(28-5-3-4-6-30(28)35)39-31-14-9-22(34(36)40)15-29(31)32(37-39)21-7-12-26(13-8-21)42-27-16-23-10-11-24(17-27)38(23)25-18-41-19-25/h3-9,12-15,20,23-25,27,33H,10-11,16-19H2,1-2H3,(H2,36,40). The normalized spacial score (nSPS) is 23.3. The Kier molecular flexibility index (Phi) is 7.21. The number of piperidine rings is 1. The zero-order chi connectivity index (χ0) is 29.0. The SMILES string of the molecule is CC(C)C(c1ccccc1Cl)n1nc(-c2ccc(OC3CC4CCC(C3)N4C3COC3)cc2)c2cc(C(N)=O)ccc21. The van der Waals surface area contributed by atoms with Gasteiger partial charge in [-0.3, -0.25) is 14.4 Å². The lowest BCUT2D eigenvalue weighted by atomic mass is 9.95. The van der Waals surface area contributed by atoms with Crippen LogP contribution in [0.3, 0.4) is 0 Å². The zero-order valence-electron chi connectivity index (χ0n) is 24.1. The topological polar surface area (TPSA) is 82.6 Å². The van der Waals surface area contributed by atoms with Crippen LogP contribution in [-0.2, 0) is 4.74 Å². The molecule has 1 amide bonds. The Hall–Kier alpha value is -3.39. The molecule has 1 aromatic heterocycles. The average molecular weight is 585 g/mol. The molecule has 3 aromatic carbocycles. The first-order chi connectivity index (χ1) is 20.4. The minimum atomic E-state index is -0.462. The van der Waals surface area contributed by atoms with Gasteiger partial charge in [0.2, 0.25) is 5.91 Å². The summed E-state index contributed by atoms with van der Waals surface area (Å²) >= 11 is 6.68. The second-order valence-corrected chi connectivity index (χ2v) is 12.8. The third-order valence-corrected chi connectivity index (χ3v) is 9.67. The molecule has 3 aliphatic heterocycles. The van der Waals surface area contributed by atoms with E-state index >= 15 is 0 Å². The second kappa shape index (κ2) is 11.0. The number of hydrogen-bond acceptors (Lipinski definition) is 5. The van der Waals surface area contributed by atoms with E-state index in [0.717, 1.165) is 59.5 Å². The van der Waals surface area contributed by atoms with Gasteiger partial charge in [0, 0.05) is 33.6 Å². The van der Waals surface area contributed by atoms with Crippen molar-refractivity contribution in [2.75, 3.05) is 13.2 Å². The summed E-state index contributed by atoms with van der Waals surface area (Å²) < 4.78 is 14.0. The third-order valence-electron chi connectivity index (χ3n) is 9.33. The molecule has 3 unspecified atom stereocenters. The van der Waals surface area contributed by atoms with E-state index in [1.807, 2.05) is 47.1 Å². The molecule has 3 saturated heterocycles. The largest absolute Gasteiger partial charge is 0.490 e. The zero-order valence-corrected chi connectivity index (χ0v) is 24.8. The number of carbonyl (C=O) groups is 1. The smallest absolute Gasteiger partial charge is 0.248 e. The van der Waals surface area contributed by atoms with Gasteiger partial charge in [-0.15, -0.1) is 0 Å². The summed E-state index contributed by atoms with van der Waals surface area (Å²) in [6.45, 7) is 6.09. The van der Waals surface area contributed by atoms with Crippen LogP contribution in [0.2, 0.25) is 5.02 Å². The quantitative estimate of drug-likeness (QED) is 0.256. The van der Waals surface area contributed by atoms with E-state index in [0.29, 0.717) is 28.7 Å². The lowest BCUT2D eigenvalue weighted by Crippen LogP contribution is -2.57. The van der Waals surface area contributed by atoms with Gasteiger partial charge in [0.05, 0.1) is 30.8 Å². The number of primary amides is 1. The van der Waals surface area contributed by atoms with E-state index in [4.69, 9.17) is 31.9 Å². The number of ether oxygens (including phenoxy) is 2. The Morgan fingerprint density at radius 3 is 2.33 bits per heavy atom. The number of nitrogens with two attached hydrogens (primary N) is 1. The number of benzene rings is 3. The molecule has 4 aromatic rings. The number of hydrogen-bond donors (Lipinski definition) is 1. The van der Waals surface area contributed by atoms with Crippen LogP contribution in [0, 0.1) is 5.92 Å². The highest BCUT2D eigenvalue weighted by Gasteiger charge is 2.46. The van der Waals surface area contributed by atoms with Crippen LogP contribution in [0.25, 0.3) is 22.2 Å². The molecule has 0 aliphatic carbocycles. The minimum Gasteiger partial charge on any atom is -0.490 e. The van der Waals surface area contributed by atoms with Gasteiger partial charge in [-0.25, -0.2) is 0 Å². The van der Waals surface area contributed by atoms with Crippen LogP contribution < -0.4 is 10.5 Å². The first-order valence-corrected chi connectivity index (χ1v) is 15.4. The maximum atomic E-state index is 12.1. The molecule has 0 spiro atoms. The van der Waals surface area contributed by atoms with Gasteiger partial charge in [-0.2, -0.15) is 5.10 Å². The predicted molar refractivity (Wildman–Crippen MR) is 165 cm³/mol. The maximum absolute atomic E-state index is 12.1. The summed E-state index contributed by atoms with van der Waals surface area (Å²) in [5.41, 5.74) is 9.82. The molecule has 7 nitrogen and oxygen atoms in total. The highest BCUT2D eigenvalue weighted by molar-refractivity contribution is 6.31. The molecule has 218 valence electrons. The highest BCUT2D eigenvalue weighted by atomic mass is 35.5. The third kappa shape index (κ3) is 4.87. The molecule has 2 bridgehead atoms. The van der Waals surface area contributed by atoms with Crippen molar-refractivity contribution in [3.05, 3.63) is 82.9 Å². The Bertz CT molecular complexity index is 1600. The van der Waals surface area contributed by atoms with Gasteiger partial charge in [-0.1, -0.05) is 43.6 Å². The van der Waals surface area contributed by atoms with E-state index in [1.165, 1.54) is 12.8 Å². The molecule has 2 N–H and O–H groups in total. The van der Waals surface area contributed by atoms with Crippen molar-refractivity contribution >= 4 is 28.4 Å². The van der Waals surface area contributed by atoms with Crippen molar-refractivity contribution in [1.82, 2.24) is 14.7 Å². The molecule has 8 heteroatoms. The van der Waals surface area contributed by atoms with Crippen molar-refractivity contribution in [2.24, 2.45) is 11.7 Å². The fraction of sp³-hybridized carbons (Fsp3) is 0.412. The van der Waals surface area contributed by atoms with Gasteiger partial charge >= 0.3 is 0 Å². The Balaban J connectivity index is 1.20. The summed E-state index contributed by atoms with van der Waals surface area (Å²) in [6.07, 6.45) is 4.88. The van der Waals surface area contributed by atoms with Crippen molar-refractivity contribution in [1.29, 1.82) is 0 Å². The first-order valence-electron chi connectivity index (χ1n) is 15.1. The van der Waals surface area contributed by atoms with Gasteiger partial charge in [0.25, 0.3) is 0 Å². The fourth-order valence-electron chi connectivity index (χ4n) is 7.34. The number of carbonyl (C=O) groups excluding carboxylic acids is 1. The van der Waals surface area contributed by atoms with E-state index in [2.05, 4.69) is 36.9 Å². The Morgan fingerprint density at radius 2 is 1.71 bits per heavy atom. The summed E-state index contributed by atoms with van der Waals surface area (Å²) in [4.78, 5) is 14.8. The van der Waals surface area contributed by atoms with Gasteiger partial charge < -0.3 is 15.2 Å². The Morgan fingerprint density at radius 1 is 1.00 bits per heavy atom. The van der Waals surface area contributed by atoms with Crippen molar-refractivity contribution in [2.45, 2.75) is 69.8 Å². The van der Waals surface area contributed by atoms with Crippen LogP contribution in [0.15, 0.2) is 66.7 Å². The lowest BCUT2D eigenvalue weighted by Gasteiger charge is -2.46. The molecule has 0 radical (unpaired) electrons. The summed E-state index contributed by atoms with van der Waals surface area (Å²) in [7, 11) is 0. The van der Waals surface area contributed by atoms with Crippen LogP contribution in [0.1, 0.15) is 61.5 Å². The van der Waals surface area contributed by atoms with Gasteiger partial charge in [0.1, 0.15) is 17.5 Å². The summed E-state index contributed by atoms with van der Waals surface area (Å²) in [6, 6.07) is 23.4. The van der Waals surface area contributed by atoms with E-state index in [9.17, 15) is 4.79 Å². The highest BCUT2D eigenvalue weighted by Crippen LogP contribution is 2.41. The van der Waals surface area contributed by atoms with Crippen molar-refractivity contribution in [3.8, 4) is 17.0 Å². The van der Waals surface area contributed by atoms with Gasteiger partial charge in [0.15, 0.2) is 0 Å². The maximum Gasteiger partial charge on any atom is 0.248 e. The van der Waals surface area contributed by atoms with Crippen molar-refractivity contribution < 1.29 is 14.3 Å². The first kappa shape index (κ1) is 27.4. The number of nitrogens with zero attached hydrogens (tertiary/aromatic N) is 3. The molecule has 3 atom stereocenters. The van der Waals surface area contributed by atoms with Crippen molar-refractivity contribution in [3.63, 3.8) is 0 Å². The van der Waals surface area contributed by atoms with Crippen LogP contribution in [0.5, 0.6) is 5.75 Å². The molecule has 3 fully saturated rings. The van der Waals surface area contributed by atoms with Crippen LogP contribution >= 0.6 is 11.6 Å². The molecular formula is C34H37ClN4O3. The number of fused-ring (bicyclic) bond motifs is 3. The summed E-state index contributed by atoms with van der Waals surface area (Å²) in [5, 5.41) is 6.74. The number of aromatic nitrogens is 2. The molecule has 42 heavy (non-hydrogen) atoms. The molecule has 7 rings (SSSR count). The van der Waals surface area contributed by atoms with Gasteiger partial charge in [-0.05, 0) is 85.7 Å². The minimum absolute atomic E-state index is 0.0929.